The molecule has 2 amide bonds. The standard InChI is InChI=1S/C17H17FN2O3S/c1-10-3-7-16(24-10)15(22)6-8-17(23)20-12-4-5-13(18)14(9-12)19-11(2)21/h3-5,7,9H,6,8H2,1-2H3,(H,19,21)(H,20,23). The van der Waals surface area contributed by atoms with Crippen molar-refractivity contribution in [1.29, 1.82) is 0 Å². The van der Waals surface area contributed by atoms with Crippen molar-refractivity contribution in [3.05, 3.63) is 45.9 Å². The maximum Gasteiger partial charge on any atom is 0.224 e. The molecule has 0 aliphatic rings. The molecule has 0 fully saturated rings. The van der Waals surface area contributed by atoms with Crippen molar-refractivity contribution >= 4 is 40.3 Å². The summed E-state index contributed by atoms with van der Waals surface area (Å²) in [6.07, 6.45) is 0.133. The molecule has 0 saturated heterocycles. The van der Waals surface area contributed by atoms with E-state index in [-0.39, 0.29) is 30.2 Å². The lowest BCUT2D eigenvalue weighted by Gasteiger charge is -2.08. The number of nitrogens with one attached hydrogen (secondary N) is 2. The zero-order valence-electron chi connectivity index (χ0n) is 13.3. The molecule has 2 N–H and O–H groups in total. The summed E-state index contributed by atoms with van der Waals surface area (Å²) < 4.78 is 13.5. The van der Waals surface area contributed by atoms with Crippen molar-refractivity contribution in [3.63, 3.8) is 0 Å². The van der Waals surface area contributed by atoms with Gasteiger partial charge in [0.05, 0.1) is 10.6 Å². The summed E-state index contributed by atoms with van der Waals surface area (Å²) in [5.41, 5.74) is 0.343. The normalized spacial score (nSPS) is 10.3. The number of ketones is 1. The van der Waals surface area contributed by atoms with Gasteiger partial charge in [0.25, 0.3) is 0 Å². The van der Waals surface area contributed by atoms with E-state index in [4.69, 9.17) is 0 Å². The number of anilines is 2. The zero-order chi connectivity index (χ0) is 17.7. The Morgan fingerprint density at radius 3 is 2.46 bits per heavy atom. The Hall–Kier alpha value is -2.54. The van der Waals surface area contributed by atoms with Crippen LogP contribution >= 0.6 is 11.3 Å². The van der Waals surface area contributed by atoms with E-state index in [9.17, 15) is 18.8 Å². The molecule has 0 saturated carbocycles. The fourth-order valence-electron chi connectivity index (χ4n) is 2.05. The molecule has 0 aliphatic heterocycles. The minimum Gasteiger partial charge on any atom is -0.326 e. The van der Waals surface area contributed by atoms with Gasteiger partial charge in [-0.1, -0.05) is 0 Å². The van der Waals surface area contributed by atoms with E-state index in [1.807, 2.05) is 13.0 Å². The number of halogens is 1. The Morgan fingerprint density at radius 2 is 1.83 bits per heavy atom. The first-order valence-corrected chi connectivity index (χ1v) is 8.13. The van der Waals surface area contributed by atoms with E-state index < -0.39 is 11.7 Å². The first-order chi connectivity index (χ1) is 11.3. The van der Waals surface area contributed by atoms with E-state index in [2.05, 4.69) is 10.6 Å². The largest absolute Gasteiger partial charge is 0.326 e. The summed E-state index contributed by atoms with van der Waals surface area (Å²) in [5, 5.41) is 4.93. The molecule has 0 aliphatic carbocycles. The molecule has 2 aromatic rings. The summed E-state index contributed by atoms with van der Waals surface area (Å²) >= 11 is 1.40. The van der Waals surface area contributed by atoms with Gasteiger partial charge in [0.2, 0.25) is 11.8 Å². The lowest BCUT2D eigenvalue weighted by Crippen LogP contribution is -2.14. The SMILES string of the molecule is CC(=O)Nc1cc(NC(=O)CCC(=O)c2ccc(C)s2)ccc1F. The van der Waals surface area contributed by atoms with Crippen LogP contribution in [0.1, 0.15) is 34.3 Å². The minimum absolute atomic E-state index is 0.00885. The van der Waals surface area contributed by atoms with Crippen molar-refractivity contribution in [3.8, 4) is 0 Å². The molecule has 1 heterocycles. The van der Waals surface area contributed by atoms with E-state index in [1.165, 1.54) is 30.4 Å². The molecule has 0 unspecified atom stereocenters. The summed E-state index contributed by atoms with van der Waals surface area (Å²) in [4.78, 5) is 36.6. The monoisotopic (exact) mass is 348 g/mol. The van der Waals surface area contributed by atoms with Crippen molar-refractivity contribution in [2.45, 2.75) is 26.7 Å². The highest BCUT2D eigenvalue weighted by atomic mass is 32.1. The second-order valence-electron chi connectivity index (χ2n) is 5.26. The third kappa shape index (κ3) is 4.99. The van der Waals surface area contributed by atoms with Crippen LogP contribution in [0.4, 0.5) is 15.8 Å². The highest BCUT2D eigenvalue weighted by molar-refractivity contribution is 7.14. The maximum atomic E-state index is 13.5. The van der Waals surface area contributed by atoms with Gasteiger partial charge >= 0.3 is 0 Å². The number of hydrogen-bond donors (Lipinski definition) is 2. The van der Waals surface area contributed by atoms with Gasteiger partial charge in [-0.3, -0.25) is 14.4 Å². The molecule has 2 rings (SSSR count). The average molecular weight is 348 g/mol. The Balaban J connectivity index is 1.92. The van der Waals surface area contributed by atoms with Crippen molar-refractivity contribution in [2.24, 2.45) is 0 Å². The molecule has 1 aromatic heterocycles. The van der Waals surface area contributed by atoms with Crippen LogP contribution in [0.2, 0.25) is 0 Å². The van der Waals surface area contributed by atoms with Gasteiger partial charge in [0, 0.05) is 30.3 Å². The molecule has 0 atom stereocenters. The number of amides is 2. The van der Waals surface area contributed by atoms with Gasteiger partial charge in [0.1, 0.15) is 5.82 Å². The van der Waals surface area contributed by atoms with Gasteiger partial charge in [-0.15, -0.1) is 11.3 Å². The molecule has 0 spiro atoms. The minimum atomic E-state index is -0.591. The van der Waals surface area contributed by atoms with Crippen LogP contribution in [-0.2, 0) is 9.59 Å². The molecular weight excluding hydrogens is 331 g/mol. The first-order valence-electron chi connectivity index (χ1n) is 7.32. The summed E-state index contributed by atoms with van der Waals surface area (Å²) in [6, 6.07) is 7.49. The van der Waals surface area contributed by atoms with Gasteiger partial charge in [0.15, 0.2) is 5.78 Å². The predicted octanol–water partition coefficient (Wildman–Crippen LogP) is 3.76. The summed E-state index contributed by atoms with van der Waals surface area (Å²) in [5.74, 6) is -1.43. The van der Waals surface area contributed by atoms with Crippen LogP contribution < -0.4 is 10.6 Å². The maximum absolute atomic E-state index is 13.5. The third-order valence-corrected chi connectivity index (χ3v) is 4.20. The Morgan fingerprint density at radius 1 is 1.08 bits per heavy atom. The number of rotatable bonds is 6. The number of aryl methyl sites for hydroxylation is 1. The topological polar surface area (TPSA) is 75.3 Å². The smallest absolute Gasteiger partial charge is 0.224 e. The van der Waals surface area contributed by atoms with Gasteiger partial charge < -0.3 is 10.6 Å². The highest BCUT2D eigenvalue weighted by Crippen LogP contribution is 2.21. The number of benzene rings is 1. The van der Waals surface area contributed by atoms with E-state index in [0.717, 1.165) is 10.9 Å². The van der Waals surface area contributed by atoms with E-state index in [0.29, 0.717) is 10.6 Å². The molecule has 0 bridgehead atoms. The highest BCUT2D eigenvalue weighted by Gasteiger charge is 2.12. The lowest BCUT2D eigenvalue weighted by atomic mass is 10.2. The number of hydrogen-bond acceptors (Lipinski definition) is 4. The molecular formula is C17H17FN2O3S. The molecule has 5 nitrogen and oxygen atoms in total. The summed E-state index contributed by atoms with van der Waals surface area (Å²) in [6.45, 7) is 3.18. The zero-order valence-corrected chi connectivity index (χ0v) is 14.1. The Bertz CT molecular complexity index is 786. The Labute approximate surface area is 142 Å². The summed E-state index contributed by atoms with van der Waals surface area (Å²) in [7, 11) is 0. The van der Waals surface area contributed by atoms with Crippen molar-refractivity contribution in [2.75, 3.05) is 10.6 Å². The third-order valence-electron chi connectivity index (χ3n) is 3.16. The fourth-order valence-corrected chi connectivity index (χ4v) is 2.88. The number of carbonyl (C=O) groups is 3. The van der Waals surface area contributed by atoms with Crippen LogP contribution in [0.25, 0.3) is 0 Å². The second kappa shape index (κ2) is 7.83. The first kappa shape index (κ1) is 17.8. The van der Waals surface area contributed by atoms with E-state index in [1.54, 1.807) is 6.07 Å². The fraction of sp³-hybridized carbons (Fsp3) is 0.235. The van der Waals surface area contributed by atoms with Crippen molar-refractivity contribution < 1.29 is 18.8 Å². The van der Waals surface area contributed by atoms with Crippen molar-refractivity contribution in [1.82, 2.24) is 0 Å². The molecule has 7 heteroatoms. The van der Waals surface area contributed by atoms with Gasteiger partial charge in [-0.25, -0.2) is 4.39 Å². The lowest BCUT2D eigenvalue weighted by molar-refractivity contribution is -0.116. The molecule has 1 aromatic carbocycles. The number of carbonyl (C=O) groups excluding carboxylic acids is 3. The predicted molar refractivity (Wildman–Crippen MR) is 92.0 cm³/mol. The molecule has 126 valence electrons. The van der Waals surface area contributed by atoms with Crippen LogP contribution in [0.3, 0.4) is 0 Å². The Kier molecular flexibility index (Phi) is 5.81. The van der Waals surface area contributed by atoms with Gasteiger partial charge in [-0.05, 0) is 37.3 Å². The number of thiophene rings is 1. The van der Waals surface area contributed by atoms with Crippen LogP contribution in [0.15, 0.2) is 30.3 Å². The molecule has 0 radical (unpaired) electrons. The van der Waals surface area contributed by atoms with E-state index >= 15 is 0 Å². The quantitative estimate of drug-likeness (QED) is 0.781. The van der Waals surface area contributed by atoms with Crippen LogP contribution in [0.5, 0.6) is 0 Å². The van der Waals surface area contributed by atoms with Crippen LogP contribution in [0, 0.1) is 12.7 Å². The van der Waals surface area contributed by atoms with Gasteiger partial charge in [-0.2, -0.15) is 0 Å². The average Bonchev–Trinajstić information content (AvgIpc) is 2.94. The number of Topliss-reactive ketones (excluding diaryl/α,β-unsaturated/α-hetero) is 1. The second-order valence-corrected chi connectivity index (χ2v) is 6.55. The van der Waals surface area contributed by atoms with Crippen LogP contribution in [-0.4, -0.2) is 17.6 Å². The molecule has 24 heavy (non-hydrogen) atoms.